The molecule has 1 aromatic rings. The molecule has 0 saturated carbocycles. The maximum atomic E-state index is 11.8. The Kier molecular flexibility index (Phi) is 4.62. The highest BCUT2D eigenvalue weighted by Gasteiger charge is 2.19. The lowest BCUT2D eigenvalue weighted by Gasteiger charge is -2.06. The van der Waals surface area contributed by atoms with Crippen LogP contribution in [0, 0.1) is 17.2 Å². The number of carbonyl (C=O) groups is 1. The molecule has 0 atom stereocenters. The van der Waals surface area contributed by atoms with Crippen molar-refractivity contribution in [3.8, 4) is 6.07 Å². The molecular formula is C13H15NO3S. The van der Waals surface area contributed by atoms with Crippen LogP contribution in [0.5, 0.6) is 0 Å². The molecule has 18 heavy (non-hydrogen) atoms. The Labute approximate surface area is 107 Å². The molecule has 0 amide bonds. The van der Waals surface area contributed by atoms with Crippen molar-refractivity contribution >= 4 is 15.6 Å². The molecule has 0 aliphatic heterocycles. The van der Waals surface area contributed by atoms with Crippen molar-refractivity contribution < 1.29 is 13.2 Å². The van der Waals surface area contributed by atoms with Crippen LogP contribution < -0.4 is 0 Å². The molecule has 0 radical (unpaired) electrons. The fourth-order valence-electron chi connectivity index (χ4n) is 1.58. The van der Waals surface area contributed by atoms with Crippen molar-refractivity contribution in [2.45, 2.75) is 13.8 Å². The molecule has 96 valence electrons. The van der Waals surface area contributed by atoms with E-state index < -0.39 is 21.4 Å². The summed E-state index contributed by atoms with van der Waals surface area (Å²) >= 11 is 0. The van der Waals surface area contributed by atoms with E-state index in [1.54, 1.807) is 13.8 Å². The molecule has 0 N–H and O–H groups in total. The molecule has 0 spiro atoms. The number of hydrogen-bond donors (Lipinski definition) is 0. The third-order valence-corrected chi connectivity index (χ3v) is 4.15. The van der Waals surface area contributed by atoms with E-state index in [9.17, 15) is 13.2 Å². The summed E-state index contributed by atoms with van der Waals surface area (Å²) in [6, 6.07) is 7.90. The van der Waals surface area contributed by atoms with E-state index in [2.05, 4.69) is 0 Å². The Morgan fingerprint density at radius 3 is 2.28 bits per heavy atom. The van der Waals surface area contributed by atoms with Gasteiger partial charge in [0.1, 0.15) is 5.75 Å². The highest BCUT2D eigenvalue weighted by atomic mass is 32.2. The number of ketones is 1. The Morgan fingerprint density at radius 2 is 1.83 bits per heavy atom. The summed E-state index contributed by atoms with van der Waals surface area (Å²) in [5.41, 5.74) is 0.762. The predicted octanol–water partition coefficient (Wildman–Crippen LogP) is 1.81. The van der Waals surface area contributed by atoms with E-state index >= 15 is 0 Å². The molecular weight excluding hydrogens is 250 g/mol. The second kappa shape index (κ2) is 5.78. The highest BCUT2D eigenvalue weighted by Crippen LogP contribution is 2.08. The largest absolute Gasteiger partial charge is 0.293 e. The number of sulfone groups is 1. The second-order valence-electron chi connectivity index (χ2n) is 4.56. The van der Waals surface area contributed by atoms with Crippen molar-refractivity contribution in [3.63, 3.8) is 0 Å². The molecule has 0 aliphatic carbocycles. The number of nitrogens with zero attached hydrogens (tertiary/aromatic N) is 1. The number of benzene rings is 1. The van der Waals surface area contributed by atoms with E-state index in [4.69, 9.17) is 5.26 Å². The molecule has 0 saturated heterocycles. The molecule has 0 bridgehead atoms. The first-order chi connectivity index (χ1) is 8.34. The first kappa shape index (κ1) is 14.4. The lowest BCUT2D eigenvalue weighted by molar-refractivity contribution is 0.102. The van der Waals surface area contributed by atoms with Gasteiger partial charge in [0, 0.05) is 5.56 Å². The normalized spacial score (nSPS) is 11.2. The van der Waals surface area contributed by atoms with E-state index in [1.807, 2.05) is 6.07 Å². The van der Waals surface area contributed by atoms with Crippen LogP contribution >= 0.6 is 0 Å². The Bertz CT molecular complexity index is 565. The molecule has 0 aromatic heterocycles. The van der Waals surface area contributed by atoms with Crippen LogP contribution in [0.1, 0.15) is 29.8 Å². The van der Waals surface area contributed by atoms with E-state index in [1.165, 1.54) is 24.3 Å². The van der Waals surface area contributed by atoms with Crippen LogP contribution in [-0.2, 0) is 9.84 Å². The summed E-state index contributed by atoms with van der Waals surface area (Å²) in [5.74, 6) is -0.893. The van der Waals surface area contributed by atoms with Crippen LogP contribution in [0.4, 0.5) is 0 Å². The Morgan fingerprint density at radius 1 is 1.28 bits per heavy atom. The van der Waals surface area contributed by atoms with Gasteiger partial charge in [-0.1, -0.05) is 26.0 Å². The molecule has 4 nitrogen and oxygen atoms in total. The standard InChI is InChI=1S/C13H15NO3S/c1-10(2)8-18(16,17)9-13(15)12-5-3-11(7-14)4-6-12/h3-6,10H,8-9H2,1-2H3. The minimum absolute atomic E-state index is 0.00349. The van der Waals surface area contributed by atoms with Gasteiger partial charge in [-0.05, 0) is 18.1 Å². The Balaban J connectivity index is 2.80. The SMILES string of the molecule is CC(C)CS(=O)(=O)CC(=O)c1ccc(C#N)cc1. The summed E-state index contributed by atoms with van der Waals surface area (Å²) in [5, 5.41) is 8.62. The number of nitriles is 1. The van der Waals surface area contributed by atoms with Gasteiger partial charge in [-0.25, -0.2) is 8.42 Å². The first-order valence-electron chi connectivity index (χ1n) is 5.58. The smallest absolute Gasteiger partial charge is 0.177 e. The van der Waals surface area contributed by atoms with E-state index in [-0.39, 0.29) is 11.7 Å². The zero-order chi connectivity index (χ0) is 13.8. The lowest BCUT2D eigenvalue weighted by atomic mass is 10.1. The summed E-state index contributed by atoms with van der Waals surface area (Å²) in [4.78, 5) is 11.8. The summed E-state index contributed by atoms with van der Waals surface area (Å²) < 4.78 is 23.3. The van der Waals surface area contributed by atoms with Crippen molar-refractivity contribution in [1.29, 1.82) is 5.26 Å². The number of hydrogen-bond acceptors (Lipinski definition) is 4. The van der Waals surface area contributed by atoms with Gasteiger partial charge in [-0.3, -0.25) is 4.79 Å². The van der Waals surface area contributed by atoms with Crippen LogP contribution in [-0.4, -0.2) is 25.7 Å². The molecule has 1 rings (SSSR count). The van der Waals surface area contributed by atoms with Crippen LogP contribution in [0.25, 0.3) is 0 Å². The van der Waals surface area contributed by atoms with Gasteiger partial charge in [0.15, 0.2) is 15.6 Å². The summed E-state index contributed by atoms with van der Waals surface area (Å²) in [7, 11) is -3.36. The fourth-order valence-corrected chi connectivity index (χ4v) is 3.28. The van der Waals surface area contributed by atoms with Crippen molar-refractivity contribution in [2.75, 3.05) is 11.5 Å². The van der Waals surface area contributed by atoms with Crippen LogP contribution in [0.15, 0.2) is 24.3 Å². The minimum atomic E-state index is -3.36. The monoisotopic (exact) mass is 265 g/mol. The zero-order valence-electron chi connectivity index (χ0n) is 10.4. The lowest BCUT2D eigenvalue weighted by Crippen LogP contribution is -2.21. The summed E-state index contributed by atoms with van der Waals surface area (Å²) in [6.07, 6.45) is 0. The number of carbonyl (C=O) groups excluding carboxylic acids is 1. The van der Waals surface area contributed by atoms with Crippen LogP contribution in [0.3, 0.4) is 0 Å². The van der Waals surface area contributed by atoms with Gasteiger partial charge in [0.2, 0.25) is 0 Å². The predicted molar refractivity (Wildman–Crippen MR) is 69.0 cm³/mol. The van der Waals surface area contributed by atoms with Gasteiger partial charge in [-0.2, -0.15) is 5.26 Å². The van der Waals surface area contributed by atoms with Crippen molar-refractivity contribution in [2.24, 2.45) is 5.92 Å². The zero-order valence-corrected chi connectivity index (χ0v) is 11.2. The third-order valence-electron chi connectivity index (χ3n) is 2.27. The second-order valence-corrected chi connectivity index (χ2v) is 6.67. The van der Waals surface area contributed by atoms with E-state index in [0.717, 1.165) is 0 Å². The average Bonchev–Trinajstić information content (AvgIpc) is 2.26. The Hall–Kier alpha value is -1.67. The number of rotatable bonds is 5. The van der Waals surface area contributed by atoms with Crippen LogP contribution in [0.2, 0.25) is 0 Å². The quantitative estimate of drug-likeness (QED) is 0.761. The molecule has 5 heteroatoms. The highest BCUT2D eigenvalue weighted by molar-refractivity contribution is 7.92. The fraction of sp³-hybridized carbons (Fsp3) is 0.385. The molecule has 0 fully saturated rings. The van der Waals surface area contributed by atoms with Gasteiger partial charge in [-0.15, -0.1) is 0 Å². The van der Waals surface area contributed by atoms with Crippen molar-refractivity contribution in [3.05, 3.63) is 35.4 Å². The van der Waals surface area contributed by atoms with Gasteiger partial charge in [0.05, 0.1) is 17.4 Å². The molecule has 0 aliphatic rings. The molecule has 0 heterocycles. The van der Waals surface area contributed by atoms with Crippen molar-refractivity contribution in [1.82, 2.24) is 0 Å². The minimum Gasteiger partial charge on any atom is -0.293 e. The van der Waals surface area contributed by atoms with Gasteiger partial charge < -0.3 is 0 Å². The maximum Gasteiger partial charge on any atom is 0.177 e. The van der Waals surface area contributed by atoms with E-state index in [0.29, 0.717) is 11.1 Å². The average molecular weight is 265 g/mol. The topological polar surface area (TPSA) is 75.0 Å². The molecule has 0 unspecified atom stereocenters. The first-order valence-corrected chi connectivity index (χ1v) is 7.40. The molecule has 1 aromatic carbocycles. The maximum absolute atomic E-state index is 11.8. The third kappa shape index (κ3) is 4.30. The van der Waals surface area contributed by atoms with Gasteiger partial charge >= 0.3 is 0 Å². The number of Topliss-reactive ketones (excluding diaryl/α,β-unsaturated/α-hetero) is 1. The van der Waals surface area contributed by atoms with Gasteiger partial charge in [0.25, 0.3) is 0 Å². The summed E-state index contributed by atoms with van der Waals surface area (Å²) in [6.45, 7) is 3.59.